The van der Waals surface area contributed by atoms with Crippen molar-refractivity contribution >= 4 is 11.6 Å². The van der Waals surface area contributed by atoms with E-state index in [1.54, 1.807) is 6.20 Å². The molecule has 2 aromatic rings. The molecule has 2 aliphatic rings. The highest BCUT2D eigenvalue weighted by Gasteiger charge is 2.24. The molecule has 1 aliphatic carbocycles. The summed E-state index contributed by atoms with van der Waals surface area (Å²) in [6.45, 7) is 1.54. The fraction of sp³-hybridized carbons (Fsp3) is 0.588. The molecular weight excluding hydrogens is 308 g/mol. The maximum atomic E-state index is 12.5. The number of aryl methyl sites for hydroxylation is 1. The van der Waals surface area contributed by atoms with Crippen LogP contribution >= 0.6 is 0 Å². The molecule has 0 saturated carbocycles. The molecule has 7 heteroatoms. The van der Waals surface area contributed by atoms with Crippen molar-refractivity contribution in [2.75, 3.05) is 11.9 Å². The number of carbonyl (C=O) groups excluding carboxylic acids is 1. The minimum absolute atomic E-state index is 0.213. The molecular formula is C17H22N4O3. The lowest BCUT2D eigenvalue weighted by Gasteiger charge is -2.22. The first kappa shape index (κ1) is 15.4. The van der Waals surface area contributed by atoms with Gasteiger partial charge in [-0.05, 0) is 38.5 Å². The molecule has 24 heavy (non-hydrogen) atoms. The summed E-state index contributed by atoms with van der Waals surface area (Å²) in [6.07, 6.45) is 11.0. The van der Waals surface area contributed by atoms with E-state index in [-0.39, 0.29) is 12.0 Å². The fourth-order valence-electron chi connectivity index (χ4n) is 3.44. The maximum absolute atomic E-state index is 12.5. The number of carbonyl (C=O) groups is 1. The third kappa shape index (κ3) is 3.21. The van der Waals surface area contributed by atoms with Crippen molar-refractivity contribution in [3.8, 4) is 0 Å². The second-order valence-corrected chi connectivity index (χ2v) is 6.53. The second-order valence-electron chi connectivity index (χ2n) is 6.53. The summed E-state index contributed by atoms with van der Waals surface area (Å²) in [5, 5.41) is 11.1. The number of nitrogens with zero attached hydrogens (tertiary/aromatic N) is 3. The zero-order valence-corrected chi connectivity index (χ0v) is 13.7. The summed E-state index contributed by atoms with van der Waals surface area (Å²) >= 11 is 0. The molecule has 1 saturated heterocycles. The lowest BCUT2D eigenvalue weighted by Crippen LogP contribution is -2.24. The molecule has 1 unspecified atom stereocenters. The molecule has 0 radical (unpaired) electrons. The van der Waals surface area contributed by atoms with Crippen LogP contribution in [0.5, 0.6) is 0 Å². The zero-order chi connectivity index (χ0) is 16.4. The predicted molar refractivity (Wildman–Crippen MR) is 86.9 cm³/mol. The Bertz CT molecular complexity index is 715. The Labute approximate surface area is 140 Å². The molecule has 1 aliphatic heterocycles. The molecule has 1 amide bonds. The summed E-state index contributed by atoms with van der Waals surface area (Å²) in [7, 11) is 0. The minimum Gasteiger partial charge on any atom is -0.376 e. The van der Waals surface area contributed by atoms with Gasteiger partial charge in [-0.3, -0.25) is 9.48 Å². The van der Waals surface area contributed by atoms with E-state index >= 15 is 0 Å². The van der Waals surface area contributed by atoms with Crippen LogP contribution in [-0.2, 0) is 24.1 Å². The molecule has 128 valence electrons. The van der Waals surface area contributed by atoms with Crippen molar-refractivity contribution in [1.29, 1.82) is 0 Å². The molecule has 0 bridgehead atoms. The van der Waals surface area contributed by atoms with Gasteiger partial charge in [-0.1, -0.05) is 5.16 Å². The molecule has 1 fully saturated rings. The maximum Gasteiger partial charge on any atom is 0.278 e. The van der Waals surface area contributed by atoms with Crippen molar-refractivity contribution in [3.63, 3.8) is 0 Å². The first-order valence-electron chi connectivity index (χ1n) is 8.72. The third-order valence-corrected chi connectivity index (χ3v) is 4.72. The van der Waals surface area contributed by atoms with Crippen molar-refractivity contribution in [3.05, 3.63) is 29.4 Å². The van der Waals surface area contributed by atoms with Crippen LogP contribution < -0.4 is 5.32 Å². The number of hydrogen-bond acceptors (Lipinski definition) is 5. The van der Waals surface area contributed by atoms with Gasteiger partial charge in [0, 0.05) is 24.8 Å². The SMILES string of the molecule is O=C(Nc1cnn(CC2CCCCO2)c1)c1noc2c1CCCC2. The van der Waals surface area contributed by atoms with Crippen LogP contribution in [0, 0.1) is 0 Å². The van der Waals surface area contributed by atoms with Crippen molar-refractivity contribution < 1.29 is 14.1 Å². The Hall–Kier alpha value is -2.15. The first-order valence-corrected chi connectivity index (χ1v) is 8.72. The highest BCUT2D eigenvalue weighted by atomic mass is 16.5. The van der Waals surface area contributed by atoms with Gasteiger partial charge >= 0.3 is 0 Å². The van der Waals surface area contributed by atoms with E-state index in [2.05, 4.69) is 15.6 Å². The van der Waals surface area contributed by atoms with E-state index in [1.807, 2.05) is 10.9 Å². The lowest BCUT2D eigenvalue weighted by atomic mass is 9.96. The van der Waals surface area contributed by atoms with Crippen molar-refractivity contribution in [2.24, 2.45) is 0 Å². The summed E-state index contributed by atoms with van der Waals surface area (Å²) in [5.74, 6) is 0.631. The van der Waals surface area contributed by atoms with E-state index in [4.69, 9.17) is 9.26 Å². The number of aromatic nitrogens is 3. The molecule has 4 rings (SSSR count). The number of fused-ring (bicyclic) bond motifs is 1. The van der Waals surface area contributed by atoms with E-state index in [9.17, 15) is 4.79 Å². The fourth-order valence-corrected chi connectivity index (χ4v) is 3.44. The van der Waals surface area contributed by atoms with Crippen LogP contribution in [0.4, 0.5) is 5.69 Å². The zero-order valence-electron chi connectivity index (χ0n) is 13.7. The third-order valence-electron chi connectivity index (χ3n) is 4.72. The smallest absolute Gasteiger partial charge is 0.278 e. The topological polar surface area (TPSA) is 82.2 Å². The monoisotopic (exact) mass is 330 g/mol. The largest absolute Gasteiger partial charge is 0.376 e. The van der Waals surface area contributed by atoms with Crippen LogP contribution in [0.1, 0.15) is 53.9 Å². The summed E-state index contributed by atoms with van der Waals surface area (Å²) < 4.78 is 12.8. The Morgan fingerprint density at radius 1 is 1.29 bits per heavy atom. The molecule has 2 aromatic heterocycles. The Balaban J connectivity index is 1.40. The van der Waals surface area contributed by atoms with Gasteiger partial charge in [0.15, 0.2) is 5.69 Å². The van der Waals surface area contributed by atoms with Crippen LogP contribution in [0.25, 0.3) is 0 Å². The van der Waals surface area contributed by atoms with Crippen LogP contribution in [0.15, 0.2) is 16.9 Å². The molecule has 0 spiro atoms. The van der Waals surface area contributed by atoms with Crippen LogP contribution in [0.3, 0.4) is 0 Å². The second kappa shape index (κ2) is 6.76. The number of rotatable bonds is 4. The van der Waals surface area contributed by atoms with E-state index < -0.39 is 0 Å². The average Bonchev–Trinajstić information content (AvgIpc) is 3.22. The van der Waals surface area contributed by atoms with E-state index in [1.165, 1.54) is 6.42 Å². The molecule has 1 atom stereocenters. The minimum atomic E-state index is -0.227. The lowest BCUT2D eigenvalue weighted by molar-refractivity contribution is 0.00401. The van der Waals surface area contributed by atoms with Gasteiger partial charge in [-0.15, -0.1) is 0 Å². The Kier molecular flexibility index (Phi) is 4.34. The van der Waals surface area contributed by atoms with Gasteiger partial charge in [-0.2, -0.15) is 5.10 Å². The molecule has 7 nitrogen and oxygen atoms in total. The molecule has 1 N–H and O–H groups in total. The highest BCUT2D eigenvalue weighted by molar-refractivity contribution is 6.03. The van der Waals surface area contributed by atoms with E-state index in [0.717, 1.165) is 63.0 Å². The van der Waals surface area contributed by atoms with Crippen LogP contribution in [0.2, 0.25) is 0 Å². The summed E-state index contributed by atoms with van der Waals surface area (Å²) in [4.78, 5) is 12.5. The van der Waals surface area contributed by atoms with Gasteiger partial charge < -0.3 is 14.6 Å². The first-order chi connectivity index (χ1) is 11.8. The Morgan fingerprint density at radius 3 is 3.08 bits per heavy atom. The van der Waals surface area contributed by atoms with E-state index in [0.29, 0.717) is 11.4 Å². The van der Waals surface area contributed by atoms with Gasteiger partial charge in [0.05, 0.1) is 24.5 Å². The van der Waals surface area contributed by atoms with Gasteiger partial charge in [-0.25, -0.2) is 0 Å². The number of hydrogen-bond donors (Lipinski definition) is 1. The summed E-state index contributed by atoms with van der Waals surface area (Å²) in [6, 6.07) is 0. The number of anilines is 1. The number of ether oxygens (including phenoxy) is 1. The highest BCUT2D eigenvalue weighted by Crippen LogP contribution is 2.25. The number of amides is 1. The van der Waals surface area contributed by atoms with Crippen LogP contribution in [-0.4, -0.2) is 33.6 Å². The normalized spacial score (nSPS) is 20.6. The Morgan fingerprint density at radius 2 is 2.21 bits per heavy atom. The van der Waals surface area contributed by atoms with Crippen molar-refractivity contribution in [2.45, 2.75) is 57.6 Å². The average molecular weight is 330 g/mol. The van der Waals surface area contributed by atoms with Gasteiger partial charge in [0.25, 0.3) is 5.91 Å². The quantitative estimate of drug-likeness (QED) is 0.931. The predicted octanol–water partition coefficient (Wildman–Crippen LogP) is 2.57. The van der Waals surface area contributed by atoms with Crippen molar-refractivity contribution in [1.82, 2.24) is 14.9 Å². The standard InChI is InChI=1S/C17H22N4O3/c22-17(16-14-6-1-2-7-15(14)24-20-16)19-12-9-18-21(10-12)11-13-5-3-4-8-23-13/h9-10,13H,1-8,11H2,(H,19,22). The number of nitrogens with one attached hydrogen (secondary N) is 1. The summed E-state index contributed by atoms with van der Waals surface area (Å²) in [5.41, 5.74) is 2.04. The van der Waals surface area contributed by atoms with Gasteiger partial charge in [0.2, 0.25) is 0 Å². The molecule has 3 heterocycles. The van der Waals surface area contributed by atoms with Gasteiger partial charge in [0.1, 0.15) is 5.76 Å². The molecule has 0 aromatic carbocycles.